The zero-order valence-corrected chi connectivity index (χ0v) is 29.8. The first-order chi connectivity index (χ1) is 26.7. The van der Waals surface area contributed by atoms with E-state index in [4.69, 9.17) is 23.7 Å². The molecule has 4 unspecified atom stereocenters. The molecular formula is C44H38O11. The van der Waals surface area contributed by atoms with Crippen molar-refractivity contribution in [3.63, 3.8) is 0 Å². The van der Waals surface area contributed by atoms with Crippen LogP contribution in [0.3, 0.4) is 0 Å². The standard InChI is InChI=1S/C44H38O11/c45-38(28-8-4-3-5-9-28)21-12-27-10-15-31(16-11-27)53-41(47)29-13-17-30(18-14-29)51-22-6-1-2-7-23-52-32-19-20-33-34(36-26-39(46)54-42(36)48)25-37-40(35(33)24-32)44(50)55-43(37)49/h3-5,8-21,24,34,36-37,40H,1-2,6-7,22-23,25-26H2/b21-12+. The third-order valence-electron chi connectivity index (χ3n) is 10.1. The Morgan fingerprint density at radius 1 is 0.618 bits per heavy atom. The average molecular weight is 743 g/mol. The number of carbonyl (C=O) groups is 6. The number of ketones is 1. The van der Waals surface area contributed by atoms with Crippen LogP contribution in [-0.4, -0.2) is 48.8 Å². The van der Waals surface area contributed by atoms with Gasteiger partial charge in [0.2, 0.25) is 0 Å². The normalized spacial score (nSPS) is 20.1. The number of allylic oxidation sites excluding steroid dienone is 1. The summed E-state index contributed by atoms with van der Waals surface area (Å²) in [4.78, 5) is 74.3. The molecule has 2 saturated heterocycles. The number of cyclic esters (lactones) is 4. The average Bonchev–Trinajstić information content (AvgIpc) is 3.69. The molecule has 1 aliphatic carbocycles. The molecule has 0 bridgehead atoms. The van der Waals surface area contributed by atoms with E-state index in [9.17, 15) is 28.8 Å². The van der Waals surface area contributed by atoms with Gasteiger partial charge in [0, 0.05) is 5.56 Å². The van der Waals surface area contributed by atoms with Crippen LogP contribution in [0.25, 0.3) is 6.08 Å². The van der Waals surface area contributed by atoms with E-state index in [1.54, 1.807) is 78.9 Å². The highest BCUT2D eigenvalue weighted by Crippen LogP contribution is 2.51. The van der Waals surface area contributed by atoms with Gasteiger partial charge in [-0.3, -0.25) is 24.0 Å². The molecule has 11 heteroatoms. The highest BCUT2D eigenvalue weighted by Gasteiger charge is 2.53. The van der Waals surface area contributed by atoms with Gasteiger partial charge in [-0.25, -0.2) is 4.79 Å². The first-order valence-corrected chi connectivity index (χ1v) is 18.3. The molecule has 4 atom stereocenters. The summed E-state index contributed by atoms with van der Waals surface area (Å²) in [5, 5.41) is 0. The molecular weight excluding hydrogens is 704 g/mol. The summed E-state index contributed by atoms with van der Waals surface area (Å²) < 4.78 is 27.1. The van der Waals surface area contributed by atoms with Gasteiger partial charge in [-0.2, -0.15) is 0 Å². The number of rotatable bonds is 15. The van der Waals surface area contributed by atoms with Gasteiger partial charge in [-0.05, 0) is 109 Å². The second-order valence-corrected chi connectivity index (χ2v) is 13.7. The van der Waals surface area contributed by atoms with Crippen LogP contribution in [0.15, 0.2) is 103 Å². The van der Waals surface area contributed by atoms with Crippen molar-refractivity contribution in [3.05, 3.63) is 131 Å². The van der Waals surface area contributed by atoms with E-state index < -0.39 is 53.5 Å². The van der Waals surface area contributed by atoms with E-state index in [0.29, 0.717) is 47.2 Å². The fourth-order valence-electron chi connectivity index (χ4n) is 7.25. The Morgan fingerprint density at radius 3 is 1.96 bits per heavy atom. The van der Waals surface area contributed by atoms with Crippen molar-refractivity contribution in [3.8, 4) is 17.2 Å². The maximum atomic E-state index is 12.7. The molecule has 3 aliphatic rings. The summed E-state index contributed by atoms with van der Waals surface area (Å²) >= 11 is 0. The second kappa shape index (κ2) is 16.8. The molecule has 0 N–H and O–H groups in total. The van der Waals surface area contributed by atoms with Gasteiger partial charge in [0.05, 0.1) is 43.0 Å². The number of esters is 5. The van der Waals surface area contributed by atoms with Gasteiger partial charge in [-0.1, -0.05) is 54.6 Å². The molecule has 7 rings (SSSR count). The third-order valence-corrected chi connectivity index (χ3v) is 10.1. The van der Waals surface area contributed by atoms with Crippen LogP contribution >= 0.6 is 0 Å². The summed E-state index contributed by atoms with van der Waals surface area (Å²) in [5.41, 5.74) is 3.12. The van der Waals surface area contributed by atoms with Crippen molar-refractivity contribution in [2.45, 2.75) is 50.4 Å². The highest BCUT2D eigenvalue weighted by atomic mass is 16.6. The fraction of sp³-hybridized carbons (Fsp3) is 0.273. The van der Waals surface area contributed by atoms with Crippen LogP contribution in [0.4, 0.5) is 0 Å². The minimum Gasteiger partial charge on any atom is -0.494 e. The van der Waals surface area contributed by atoms with Gasteiger partial charge < -0.3 is 23.7 Å². The minimum absolute atomic E-state index is 0.0616. The molecule has 55 heavy (non-hydrogen) atoms. The molecule has 0 spiro atoms. The third kappa shape index (κ3) is 8.73. The SMILES string of the molecule is O=C1CC(C2CC3C(=O)OC(=O)C3c3cc(OCCCCCCOc4ccc(C(=O)Oc5ccc(/C=C/C(=O)c6ccccc6)cc5)cc4)ccc32)C(=O)O1. The predicted octanol–water partition coefficient (Wildman–Crippen LogP) is 7.18. The van der Waals surface area contributed by atoms with Crippen molar-refractivity contribution < 1.29 is 52.5 Å². The number of unbranched alkanes of at least 4 members (excludes halogenated alkanes) is 3. The zero-order valence-electron chi connectivity index (χ0n) is 29.8. The monoisotopic (exact) mass is 742 g/mol. The van der Waals surface area contributed by atoms with Crippen LogP contribution in [0, 0.1) is 11.8 Å². The van der Waals surface area contributed by atoms with Gasteiger partial charge in [-0.15, -0.1) is 0 Å². The van der Waals surface area contributed by atoms with E-state index in [-0.39, 0.29) is 18.6 Å². The topological polar surface area (TPSA) is 149 Å². The lowest BCUT2D eigenvalue weighted by Gasteiger charge is -2.33. The first-order valence-electron chi connectivity index (χ1n) is 18.3. The van der Waals surface area contributed by atoms with E-state index in [2.05, 4.69) is 0 Å². The second-order valence-electron chi connectivity index (χ2n) is 13.7. The van der Waals surface area contributed by atoms with Gasteiger partial charge in [0.15, 0.2) is 5.78 Å². The quantitative estimate of drug-likeness (QED) is 0.0305. The Morgan fingerprint density at radius 2 is 1.27 bits per heavy atom. The van der Waals surface area contributed by atoms with E-state index in [0.717, 1.165) is 36.8 Å². The molecule has 280 valence electrons. The lowest BCUT2D eigenvalue weighted by molar-refractivity contribution is -0.155. The van der Waals surface area contributed by atoms with Crippen molar-refractivity contribution in [1.82, 2.24) is 0 Å². The van der Waals surface area contributed by atoms with E-state index >= 15 is 0 Å². The van der Waals surface area contributed by atoms with E-state index in [1.807, 2.05) is 24.3 Å². The minimum atomic E-state index is -0.766. The Bertz CT molecular complexity index is 2120. The van der Waals surface area contributed by atoms with Gasteiger partial charge in [0.25, 0.3) is 0 Å². The molecule has 0 radical (unpaired) electrons. The van der Waals surface area contributed by atoms with Crippen LogP contribution in [-0.2, 0) is 28.7 Å². The number of hydrogen-bond acceptors (Lipinski definition) is 11. The van der Waals surface area contributed by atoms with Crippen molar-refractivity contribution in [2.24, 2.45) is 11.8 Å². The van der Waals surface area contributed by atoms with Crippen LogP contribution in [0.1, 0.15) is 87.8 Å². The molecule has 2 aliphatic heterocycles. The summed E-state index contributed by atoms with van der Waals surface area (Å²) in [5.74, 6) is -4.07. The number of carbonyl (C=O) groups excluding carboxylic acids is 6. The summed E-state index contributed by atoms with van der Waals surface area (Å²) in [6.07, 6.45) is 6.80. The number of benzene rings is 4. The molecule has 0 saturated carbocycles. The van der Waals surface area contributed by atoms with E-state index in [1.165, 1.54) is 6.08 Å². The Labute approximate surface area is 317 Å². The first kappa shape index (κ1) is 37.0. The van der Waals surface area contributed by atoms with Crippen LogP contribution < -0.4 is 14.2 Å². The molecule has 0 amide bonds. The molecule has 2 fully saturated rings. The molecule has 0 aromatic heterocycles. The molecule has 2 heterocycles. The van der Waals surface area contributed by atoms with Crippen molar-refractivity contribution in [1.29, 1.82) is 0 Å². The lowest BCUT2D eigenvalue weighted by Crippen LogP contribution is -2.31. The van der Waals surface area contributed by atoms with Gasteiger partial charge in [0.1, 0.15) is 17.2 Å². The predicted molar refractivity (Wildman–Crippen MR) is 197 cm³/mol. The highest BCUT2D eigenvalue weighted by molar-refractivity contribution is 6.06. The molecule has 11 nitrogen and oxygen atoms in total. The maximum Gasteiger partial charge on any atom is 0.343 e. The van der Waals surface area contributed by atoms with Crippen molar-refractivity contribution >= 4 is 41.7 Å². The lowest BCUT2D eigenvalue weighted by atomic mass is 9.67. The molecule has 4 aromatic carbocycles. The maximum absolute atomic E-state index is 12.7. The molecule has 4 aromatic rings. The number of fused-ring (bicyclic) bond motifs is 3. The zero-order chi connectivity index (χ0) is 38.3. The summed E-state index contributed by atoms with van der Waals surface area (Å²) in [6.45, 7) is 0.949. The smallest absolute Gasteiger partial charge is 0.343 e. The number of hydrogen-bond donors (Lipinski definition) is 0. The Hall–Kier alpha value is -6.36. The fourth-order valence-corrected chi connectivity index (χ4v) is 7.25. The summed E-state index contributed by atoms with van der Waals surface area (Å²) in [7, 11) is 0. The van der Waals surface area contributed by atoms with Gasteiger partial charge >= 0.3 is 29.8 Å². The Balaban J connectivity index is 0.814. The Kier molecular flexibility index (Phi) is 11.3. The van der Waals surface area contributed by atoms with Crippen LogP contribution in [0.2, 0.25) is 0 Å². The largest absolute Gasteiger partial charge is 0.494 e. The number of ether oxygens (including phenoxy) is 5. The summed E-state index contributed by atoms with van der Waals surface area (Å²) in [6, 6.07) is 28.0. The van der Waals surface area contributed by atoms with Crippen LogP contribution in [0.5, 0.6) is 17.2 Å². The van der Waals surface area contributed by atoms with Crippen molar-refractivity contribution in [2.75, 3.05) is 13.2 Å².